The lowest BCUT2D eigenvalue weighted by molar-refractivity contribution is -0.137. The maximum atomic E-state index is 12.4. The number of carbonyl (C=O) groups excluding carboxylic acids is 2. The third kappa shape index (κ3) is 6.05. The molecule has 1 aromatic rings. The van der Waals surface area contributed by atoms with Gasteiger partial charge in [-0.05, 0) is 68.5 Å². The number of ether oxygens (including phenoxy) is 2. The van der Waals surface area contributed by atoms with Gasteiger partial charge in [-0.2, -0.15) is 0 Å². The molecule has 1 aliphatic rings. The molecule has 0 saturated carbocycles. The highest BCUT2D eigenvalue weighted by Crippen LogP contribution is 2.17. The normalized spacial score (nSPS) is 18.0. The van der Waals surface area contributed by atoms with Crippen LogP contribution in [-0.4, -0.2) is 59.7 Å². The van der Waals surface area contributed by atoms with Gasteiger partial charge in [0, 0.05) is 29.2 Å². The van der Waals surface area contributed by atoms with E-state index < -0.39 is 5.60 Å². The topological polar surface area (TPSA) is 59.1 Å². The van der Waals surface area contributed by atoms with Crippen molar-refractivity contribution in [1.29, 1.82) is 0 Å². The van der Waals surface area contributed by atoms with E-state index in [-0.39, 0.29) is 24.6 Å². The molecule has 1 heterocycles. The standard InChI is InChI=1S/C18H25IN2O4/c1-13-11-20(17(23)25-18(2,3)4)8-9-21(13)16(22)12-24-15-7-5-6-14(19)10-15/h5-7,10,13H,8-9,11-12H2,1-4H3/t13-/m0/s1. The molecule has 138 valence electrons. The van der Waals surface area contributed by atoms with Crippen LogP contribution in [0.1, 0.15) is 27.7 Å². The van der Waals surface area contributed by atoms with E-state index in [1.54, 1.807) is 9.80 Å². The van der Waals surface area contributed by atoms with E-state index in [0.717, 1.165) is 3.57 Å². The molecule has 1 saturated heterocycles. The quantitative estimate of drug-likeness (QED) is 0.651. The second-order valence-corrected chi connectivity index (χ2v) is 8.35. The van der Waals surface area contributed by atoms with E-state index in [2.05, 4.69) is 22.6 Å². The third-order valence-corrected chi connectivity index (χ3v) is 4.43. The van der Waals surface area contributed by atoms with Crippen LogP contribution in [0.15, 0.2) is 24.3 Å². The first-order chi connectivity index (χ1) is 11.7. The van der Waals surface area contributed by atoms with Crippen LogP contribution in [0.5, 0.6) is 5.75 Å². The van der Waals surface area contributed by atoms with Gasteiger partial charge in [0.05, 0.1) is 0 Å². The third-order valence-electron chi connectivity index (χ3n) is 3.76. The molecule has 1 fully saturated rings. The molecule has 0 radical (unpaired) electrons. The predicted molar refractivity (Wildman–Crippen MR) is 104 cm³/mol. The molecule has 2 rings (SSSR count). The van der Waals surface area contributed by atoms with Crippen LogP contribution in [-0.2, 0) is 9.53 Å². The number of benzene rings is 1. The van der Waals surface area contributed by atoms with Crippen molar-refractivity contribution in [3.63, 3.8) is 0 Å². The molecule has 6 nitrogen and oxygen atoms in total. The summed E-state index contributed by atoms with van der Waals surface area (Å²) in [5.74, 6) is 0.607. The second-order valence-electron chi connectivity index (χ2n) is 7.11. The molecule has 0 N–H and O–H groups in total. The van der Waals surface area contributed by atoms with Gasteiger partial charge in [0.2, 0.25) is 0 Å². The van der Waals surface area contributed by atoms with Gasteiger partial charge in [-0.25, -0.2) is 4.79 Å². The minimum Gasteiger partial charge on any atom is -0.484 e. The van der Waals surface area contributed by atoms with Crippen LogP contribution >= 0.6 is 22.6 Å². The van der Waals surface area contributed by atoms with Crippen molar-refractivity contribution in [1.82, 2.24) is 9.80 Å². The number of hydrogen-bond donors (Lipinski definition) is 0. The number of hydrogen-bond acceptors (Lipinski definition) is 4. The first kappa shape index (κ1) is 19.8. The van der Waals surface area contributed by atoms with E-state index >= 15 is 0 Å². The van der Waals surface area contributed by atoms with Gasteiger partial charge >= 0.3 is 6.09 Å². The van der Waals surface area contributed by atoms with Gasteiger partial charge in [-0.15, -0.1) is 0 Å². The Bertz CT molecular complexity index is 630. The average molecular weight is 460 g/mol. The van der Waals surface area contributed by atoms with Crippen molar-refractivity contribution < 1.29 is 19.1 Å². The summed E-state index contributed by atoms with van der Waals surface area (Å²) in [6.45, 7) is 8.87. The number of nitrogens with zero attached hydrogens (tertiary/aromatic N) is 2. The molecule has 2 amide bonds. The van der Waals surface area contributed by atoms with E-state index in [1.165, 1.54) is 0 Å². The summed E-state index contributed by atoms with van der Waals surface area (Å²) < 4.78 is 12.0. The fourth-order valence-electron chi connectivity index (χ4n) is 2.61. The summed E-state index contributed by atoms with van der Waals surface area (Å²) in [7, 11) is 0. The van der Waals surface area contributed by atoms with Gasteiger partial charge < -0.3 is 19.3 Å². The van der Waals surface area contributed by atoms with Crippen LogP contribution in [0.4, 0.5) is 4.79 Å². The SMILES string of the molecule is C[C@H]1CN(C(=O)OC(C)(C)C)CCN1C(=O)COc1cccc(I)c1. The molecule has 0 unspecified atom stereocenters. The van der Waals surface area contributed by atoms with Crippen molar-refractivity contribution in [3.8, 4) is 5.75 Å². The lowest BCUT2D eigenvalue weighted by atomic mass is 10.2. The molecule has 1 aliphatic heterocycles. The van der Waals surface area contributed by atoms with Crippen molar-refractivity contribution in [2.75, 3.05) is 26.2 Å². The lowest BCUT2D eigenvalue weighted by Crippen LogP contribution is -2.56. The number of piperazine rings is 1. The molecular weight excluding hydrogens is 435 g/mol. The summed E-state index contributed by atoms with van der Waals surface area (Å²) in [5.41, 5.74) is -0.520. The number of halogens is 1. The molecule has 0 bridgehead atoms. The Labute approximate surface area is 162 Å². The Balaban J connectivity index is 1.86. The highest BCUT2D eigenvalue weighted by atomic mass is 127. The summed E-state index contributed by atoms with van der Waals surface area (Å²) in [5, 5.41) is 0. The maximum Gasteiger partial charge on any atom is 0.410 e. The van der Waals surface area contributed by atoms with Gasteiger partial charge in [-0.3, -0.25) is 4.79 Å². The van der Waals surface area contributed by atoms with Gasteiger partial charge in [0.25, 0.3) is 5.91 Å². The lowest BCUT2D eigenvalue weighted by Gasteiger charge is -2.40. The zero-order chi connectivity index (χ0) is 18.6. The Morgan fingerprint density at radius 1 is 1.28 bits per heavy atom. The van der Waals surface area contributed by atoms with Crippen LogP contribution in [0.3, 0.4) is 0 Å². The Kier molecular flexibility index (Phi) is 6.53. The van der Waals surface area contributed by atoms with Crippen LogP contribution < -0.4 is 4.74 Å². The van der Waals surface area contributed by atoms with Gasteiger partial charge in [-0.1, -0.05) is 6.07 Å². The van der Waals surface area contributed by atoms with Crippen LogP contribution in [0.25, 0.3) is 0 Å². The molecule has 1 aromatic carbocycles. The molecule has 0 aromatic heterocycles. The molecule has 1 atom stereocenters. The first-order valence-corrected chi connectivity index (χ1v) is 9.39. The maximum absolute atomic E-state index is 12.4. The van der Waals surface area contributed by atoms with E-state index in [4.69, 9.17) is 9.47 Å². The van der Waals surface area contributed by atoms with Crippen LogP contribution in [0.2, 0.25) is 0 Å². The van der Waals surface area contributed by atoms with Gasteiger partial charge in [0.1, 0.15) is 11.4 Å². The highest BCUT2D eigenvalue weighted by molar-refractivity contribution is 14.1. The summed E-state index contributed by atoms with van der Waals surface area (Å²) in [4.78, 5) is 28.0. The van der Waals surface area contributed by atoms with Crippen LogP contribution in [0, 0.1) is 3.57 Å². The Morgan fingerprint density at radius 3 is 2.60 bits per heavy atom. The number of carbonyl (C=O) groups is 2. The Morgan fingerprint density at radius 2 is 2.00 bits per heavy atom. The smallest absolute Gasteiger partial charge is 0.410 e. The van der Waals surface area contributed by atoms with E-state index in [9.17, 15) is 9.59 Å². The van der Waals surface area contributed by atoms with E-state index in [0.29, 0.717) is 25.4 Å². The average Bonchev–Trinajstić information content (AvgIpc) is 2.51. The number of amides is 2. The minimum atomic E-state index is -0.520. The monoisotopic (exact) mass is 460 g/mol. The zero-order valence-corrected chi connectivity index (χ0v) is 17.3. The van der Waals surface area contributed by atoms with Crippen molar-refractivity contribution in [2.45, 2.75) is 39.3 Å². The minimum absolute atomic E-state index is 0.00310. The predicted octanol–water partition coefficient (Wildman–Crippen LogP) is 3.14. The van der Waals surface area contributed by atoms with Gasteiger partial charge in [0.15, 0.2) is 6.61 Å². The number of rotatable bonds is 3. The van der Waals surface area contributed by atoms with Crippen molar-refractivity contribution >= 4 is 34.6 Å². The highest BCUT2D eigenvalue weighted by Gasteiger charge is 2.32. The largest absolute Gasteiger partial charge is 0.484 e. The molecular formula is C18H25IN2O4. The summed E-state index contributed by atoms with van der Waals surface area (Å²) in [6, 6.07) is 7.50. The van der Waals surface area contributed by atoms with Crippen molar-refractivity contribution in [2.24, 2.45) is 0 Å². The summed E-state index contributed by atoms with van der Waals surface area (Å²) >= 11 is 2.20. The summed E-state index contributed by atoms with van der Waals surface area (Å²) in [6.07, 6.45) is -0.332. The first-order valence-electron chi connectivity index (χ1n) is 8.31. The molecule has 0 aliphatic carbocycles. The second kappa shape index (κ2) is 8.25. The zero-order valence-electron chi connectivity index (χ0n) is 15.1. The fraction of sp³-hybridized carbons (Fsp3) is 0.556. The molecule has 7 heteroatoms. The fourth-order valence-corrected chi connectivity index (χ4v) is 3.12. The Hall–Kier alpha value is -1.51. The molecule has 25 heavy (non-hydrogen) atoms. The van der Waals surface area contributed by atoms with E-state index in [1.807, 2.05) is 52.0 Å². The molecule has 0 spiro atoms. The van der Waals surface area contributed by atoms with Crippen molar-refractivity contribution in [3.05, 3.63) is 27.8 Å².